The molecule has 0 aliphatic carbocycles. The van der Waals surface area contributed by atoms with Gasteiger partial charge in [0.15, 0.2) is 0 Å². The van der Waals surface area contributed by atoms with Crippen molar-refractivity contribution in [1.82, 2.24) is 20.0 Å². The van der Waals surface area contributed by atoms with Crippen LogP contribution in [-0.2, 0) is 17.8 Å². The summed E-state index contributed by atoms with van der Waals surface area (Å²) >= 11 is 0. The summed E-state index contributed by atoms with van der Waals surface area (Å²) < 4.78 is 11.0. The van der Waals surface area contributed by atoms with E-state index in [9.17, 15) is 10.1 Å². The Morgan fingerprint density at radius 1 is 1.39 bits per heavy atom. The molecule has 0 bridgehead atoms. The standard InChI is InChI=1S/C23H24N6O3.ClH/c1-13(2)31-22-16(9-24)8-17(11-26-22)23-27-21(28-32-23)19-5-4-15-12-29(20(30)10-25)7-6-18(15)14(19)3;/h4-5,8,11,13H,6-7,10,12,25H2,1-3H3;1H. The molecule has 0 fully saturated rings. The predicted molar refractivity (Wildman–Crippen MR) is 124 cm³/mol. The Balaban J connectivity index is 0.00000306. The summed E-state index contributed by atoms with van der Waals surface area (Å²) in [7, 11) is 0. The van der Waals surface area contributed by atoms with Gasteiger partial charge in [0, 0.05) is 24.8 Å². The fraction of sp³-hybridized carbons (Fsp3) is 0.348. The van der Waals surface area contributed by atoms with Crippen molar-refractivity contribution in [3.05, 3.63) is 46.6 Å². The van der Waals surface area contributed by atoms with Crippen molar-refractivity contribution in [2.45, 2.75) is 39.8 Å². The molecule has 0 unspecified atom stereocenters. The number of nitrogens with two attached hydrogens (primary N) is 1. The number of hydrogen-bond donors (Lipinski definition) is 1. The maximum atomic E-state index is 11.9. The number of pyridine rings is 1. The number of carbonyl (C=O) groups is 1. The molecule has 1 aliphatic rings. The van der Waals surface area contributed by atoms with E-state index in [0.717, 1.165) is 23.1 Å². The van der Waals surface area contributed by atoms with Gasteiger partial charge in [-0.3, -0.25) is 4.79 Å². The minimum Gasteiger partial charge on any atom is -0.474 e. The number of benzene rings is 1. The van der Waals surface area contributed by atoms with Crippen LogP contribution in [0.15, 0.2) is 28.9 Å². The highest BCUT2D eigenvalue weighted by Crippen LogP contribution is 2.31. The maximum absolute atomic E-state index is 11.9. The van der Waals surface area contributed by atoms with Crippen LogP contribution in [0.2, 0.25) is 0 Å². The second-order valence-corrected chi connectivity index (χ2v) is 7.92. The van der Waals surface area contributed by atoms with Crippen molar-refractivity contribution in [2.75, 3.05) is 13.1 Å². The van der Waals surface area contributed by atoms with E-state index in [1.54, 1.807) is 17.2 Å². The number of carbonyl (C=O) groups excluding carboxylic acids is 1. The highest BCUT2D eigenvalue weighted by Gasteiger charge is 2.23. The molecule has 33 heavy (non-hydrogen) atoms. The first-order valence-electron chi connectivity index (χ1n) is 10.4. The highest BCUT2D eigenvalue weighted by molar-refractivity contribution is 5.85. The monoisotopic (exact) mass is 468 g/mol. The lowest BCUT2D eigenvalue weighted by atomic mass is 9.91. The number of halogens is 1. The van der Waals surface area contributed by atoms with E-state index in [4.69, 9.17) is 15.0 Å². The Morgan fingerprint density at radius 2 is 2.18 bits per heavy atom. The fourth-order valence-corrected chi connectivity index (χ4v) is 3.84. The molecule has 172 valence electrons. The minimum absolute atomic E-state index is 0. The molecule has 0 spiro atoms. The molecule has 9 nitrogen and oxygen atoms in total. The summed E-state index contributed by atoms with van der Waals surface area (Å²) in [6, 6.07) is 7.66. The summed E-state index contributed by atoms with van der Waals surface area (Å²) in [4.78, 5) is 22.5. The van der Waals surface area contributed by atoms with Gasteiger partial charge in [0.25, 0.3) is 5.89 Å². The summed E-state index contributed by atoms with van der Waals surface area (Å²) in [6.45, 7) is 6.98. The molecular formula is C23H25ClN6O3. The number of hydrogen-bond acceptors (Lipinski definition) is 8. The normalized spacial score (nSPS) is 12.7. The first-order valence-corrected chi connectivity index (χ1v) is 10.4. The molecule has 3 heterocycles. The number of amides is 1. The van der Waals surface area contributed by atoms with Crippen molar-refractivity contribution in [3.8, 4) is 34.8 Å². The van der Waals surface area contributed by atoms with Gasteiger partial charge in [-0.05, 0) is 49.9 Å². The Hall–Kier alpha value is -3.48. The first kappa shape index (κ1) is 24.2. The van der Waals surface area contributed by atoms with E-state index < -0.39 is 0 Å². The van der Waals surface area contributed by atoms with Crippen molar-refractivity contribution in [2.24, 2.45) is 5.73 Å². The van der Waals surface area contributed by atoms with E-state index >= 15 is 0 Å². The molecule has 3 aromatic rings. The topological polar surface area (TPSA) is 131 Å². The number of nitriles is 1. The molecule has 2 aromatic heterocycles. The van der Waals surface area contributed by atoms with Crippen LogP contribution in [0, 0.1) is 18.3 Å². The lowest BCUT2D eigenvalue weighted by Gasteiger charge is -2.30. The summed E-state index contributed by atoms with van der Waals surface area (Å²) in [6.07, 6.45) is 2.21. The second kappa shape index (κ2) is 9.98. The van der Waals surface area contributed by atoms with Gasteiger partial charge >= 0.3 is 0 Å². The van der Waals surface area contributed by atoms with Gasteiger partial charge in [0.2, 0.25) is 17.6 Å². The maximum Gasteiger partial charge on any atom is 0.259 e. The summed E-state index contributed by atoms with van der Waals surface area (Å²) in [5, 5.41) is 13.6. The number of rotatable bonds is 5. The number of aromatic nitrogens is 3. The Bertz CT molecular complexity index is 1220. The SMILES string of the molecule is Cc1c(-c2noc(-c3cnc(OC(C)C)c(C#N)c3)n2)ccc2c1CCN(C(=O)CN)C2.Cl. The van der Waals surface area contributed by atoms with Crippen LogP contribution < -0.4 is 10.5 Å². The van der Waals surface area contributed by atoms with Crippen molar-refractivity contribution >= 4 is 18.3 Å². The lowest BCUT2D eigenvalue weighted by Crippen LogP contribution is -2.39. The van der Waals surface area contributed by atoms with Crippen LogP contribution in [0.1, 0.15) is 36.1 Å². The third-order valence-corrected chi connectivity index (χ3v) is 5.45. The smallest absolute Gasteiger partial charge is 0.259 e. The van der Waals surface area contributed by atoms with Crippen LogP contribution >= 0.6 is 12.4 Å². The van der Waals surface area contributed by atoms with Crippen LogP contribution in [0.5, 0.6) is 5.88 Å². The zero-order valence-corrected chi connectivity index (χ0v) is 19.5. The fourth-order valence-electron chi connectivity index (χ4n) is 3.84. The van der Waals surface area contributed by atoms with E-state index in [1.807, 2.05) is 32.9 Å². The van der Waals surface area contributed by atoms with Crippen LogP contribution in [0.25, 0.3) is 22.8 Å². The van der Waals surface area contributed by atoms with Crippen molar-refractivity contribution in [3.63, 3.8) is 0 Å². The van der Waals surface area contributed by atoms with Gasteiger partial charge in [-0.1, -0.05) is 17.3 Å². The van der Waals surface area contributed by atoms with Crippen LogP contribution in [0.3, 0.4) is 0 Å². The van der Waals surface area contributed by atoms with Gasteiger partial charge in [-0.2, -0.15) is 10.2 Å². The van der Waals surface area contributed by atoms with E-state index in [0.29, 0.717) is 30.0 Å². The molecule has 0 radical (unpaired) electrons. The Morgan fingerprint density at radius 3 is 2.88 bits per heavy atom. The molecule has 1 aromatic carbocycles. The Kier molecular flexibility index (Phi) is 7.31. The quantitative estimate of drug-likeness (QED) is 0.604. The molecule has 0 atom stereocenters. The van der Waals surface area contributed by atoms with E-state index in [-0.39, 0.29) is 42.7 Å². The molecule has 2 N–H and O–H groups in total. The van der Waals surface area contributed by atoms with Gasteiger partial charge in [0.05, 0.1) is 18.2 Å². The molecule has 1 aliphatic heterocycles. The van der Waals surface area contributed by atoms with Gasteiger partial charge < -0.3 is 19.9 Å². The van der Waals surface area contributed by atoms with E-state index in [1.165, 1.54) is 5.56 Å². The number of ether oxygens (including phenoxy) is 1. The Labute approximate surface area is 198 Å². The largest absolute Gasteiger partial charge is 0.474 e. The number of fused-ring (bicyclic) bond motifs is 1. The lowest BCUT2D eigenvalue weighted by molar-refractivity contribution is -0.130. The van der Waals surface area contributed by atoms with Crippen LogP contribution in [-0.4, -0.2) is 45.1 Å². The molecule has 0 saturated heterocycles. The zero-order valence-electron chi connectivity index (χ0n) is 18.7. The highest BCUT2D eigenvalue weighted by atomic mass is 35.5. The predicted octanol–water partition coefficient (Wildman–Crippen LogP) is 3.03. The third kappa shape index (κ3) is 4.82. The molecule has 1 amide bonds. The summed E-state index contributed by atoms with van der Waals surface area (Å²) in [5.74, 6) is 0.966. The number of nitrogens with zero attached hydrogens (tertiary/aromatic N) is 5. The third-order valence-electron chi connectivity index (χ3n) is 5.45. The van der Waals surface area contributed by atoms with Crippen molar-refractivity contribution in [1.29, 1.82) is 5.26 Å². The average molecular weight is 469 g/mol. The minimum atomic E-state index is -0.0945. The first-order chi connectivity index (χ1) is 15.4. The second-order valence-electron chi connectivity index (χ2n) is 7.92. The molecule has 0 saturated carbocycles. The van der Waals surface area contributed by atoms with Gasteiger partial charge in [-0.15, -0.1) is 12.4 Å². The van der Waals surface area contributed by atoms with Gasteiger partial charge in [-0.25, -0.2) is 4.98 Å². The average Bonchev–Trinajstić information content (AvgIpc) is 3.28. The summed E-state index contributed by atoms with van der Waals surface area (Å²) in [5.41, 5.74) is 10.6. The van der Waals surface area contributed by atoms with Crippen molar-refractivity contribution < 1.29 is 14.1 Å². The molecular weight excluding hydrogens is 444 g/mol. The molecule has 10 heteroatoms. The zero-order chi connectivity index (χ0) is 22.8. The van der Waals surface area contributed by atoms with Crippen LogP contribution in [0.4, 0.5) is 0 Å². The van der Waals surface area contributed by atoms with Gasteiger partial charge in [0.1, 0.15) is 11.6 Å². The molecule has 4 rings (SSSR count). The van der Waals surface area contributed by atoms with E-state index in [2.05, 4.69) is 21.2 Å².